The van der Waals surface area contributed by atoms with Crippen LogP contribution in [0.15, 0.2) is 65.4 Å². The highest BCUT2D eigenvalue weighted by Gasteiger charge is 2.23. The van der Waals surface area contributed by atoms with Gasteiger partial charge in [0.25, 0.3) is 0 Å². The molecule has 2 aromatic rings. The number of carbonyl (C=O) groups is 1. The Balaban J connectivity index is 1.94. The second-order valence-electron chi connectivity index (χ2n) is 3.96. The Labute approximate surface area is 110 Å². The van der Waals surface area contributed by atoms with Crippen molar-refractivity contribution in [2.24, 2.45) is 4.99 Å². The summed E-state index contributed by atoms with van der Waals surface area (Å²) in [6.07, 6.45) is 3.27. The lowest BCUT2D eigenvalue weighted by atomic mass is 10.2. The quantitative estimate of drug-likeness (QED) is 0.607. The zero-order valence-corrected chi connectivity index (χ0v) is 9.98. The average Bonchev–Trinajstić information content (AvgIpc) is 2.82. The number of carbonyl (C=O) groups excluding carboxylic acids is 1. The third-order valence-corrected chi connectivity index (χ3v) is 2.61. The Morgan fingerprint density at radius 3 is 2.53 bits per heavy atom. The molecular weight excluding hydrogens is 240 g/mol. The third kappa shape index (κ3) is 2.42. The molecule has 1 aliphatic heterocycles. The van der Waals surface area contributed by atoms with Gasteiger partial charge in [-0.1, -0.05) is 24.3 Å². The van der Waals surface area contributed by atoms with Crippen molar-refractivity contribution in [1.29, 1.82) is 0 Å². The highest BCUT2D eigenvalue weighted by molar-refractivity contribution is 6.12. The minimum absolute atomic E-state index is 0.262. The van der Waals surface area contributed by atoms with Crippen molar-refractivity contribution in [1.82, 2.24) is 4.98 Å². The number of rotatable bonds is 2. The van der Waals surface area contributed by atoms with E-state index in [2.05, 4.69) is 9.98 Å². The van der Waals surface area contributed by atoms with Crippen LogP contribution in [0.4, 0.5) is 0 Å². The normalized spacial score (nSPS) is 16.3. The Kier molecular flexibility index (Phi) is 2.90. The highest BCUT2D eigenvalue weighted by Crippen LogP contribution is 2.18. The van der Waals surface area contributed by atoms with Gasteiger partial charge in [-0.25, -0.2) is 9.79 Å². The van der Waals surface area contributed by atoms with Crippen molar-refractivity contribution in [3.63, 3.8) is 0 Å². The van der Waals surface area contributed by atoms with Crippen LogP contribution in [0.5, 0.6) is 0 Å². The van der Waals surface area contributed by atoms with Crippen molar-refractivity contribution in [3.8, 4) is 0 Å². The van der Waals surface area contributed by atoms with E-state index < -0.39 is 5.97 Å². The van der Waals surface area contributed by atoms with Gasteiger partial charge in [-0.2, -0.15) is 0 Å². The largest absolute Gasteiger partial charge is 0.402 e. The van der Waals surface area contributed by atoms with Gasteiger partial charge in [0, 0.05) is 11.8 Å². The van der Waals surface area contributed by atoms with Gasteiger partial charge >= 0.3 is 5.97 Å². The number of hydrogen-bond acceptors (Lipinski definition) is 4. The van der Waals surface area contributed by atoms with E-state index in [0.717, 1.165) is 5.56 Å². The summed E-state index contributed by atoms with van der Waals surface area (Å²) in [7, 11) is 0. The monoisotopic (exact) mass is 250 g/mol. The van der Waals surface area contributed by atoms with Gasteiger partial charge in [-0.15, -0.1) is 0 Å². The predicted molar refractivity (Wildman–Crippen MR) is 71.3 cm³/mol. The van der Waals surface area contributed by atoms with Crippen molar-refractivity contribution < 1.29 is 9.53 Å². The van der Waals surface area contributed by atoms with Crippen LogP contribution in [0.2, 0.25) is 0 Å². The molecule has 0 saturated carbocycles. The lowest BCUT2D eigenvalue weighted by Gasteiger charge is -1.97. The van der Waals surface area contributed by atoms with Crippen molar-refractivity contribution >= 4 is 17.9 Å². The fourth-order valence-electron chi connectivity index (χ4n) is 1.71. The molecule has 0 atom stereocenters. The Bertz CT molecular complexity index is 661. The fraction of sp³-hybridized carbons (Fsp3) is 0. The number of esters is 1. The molecule has 0 radical (unpaired) electrons. The topological polar surface area (TPSA) is 51.5 Å². The summed E-state index contributed by atoms with van der Waals surface area (Å²) in [6.45, 7) is 0. The average molecular weight is 250 g/mol. The maximum absolute atomic E-state index is 11.7. The van der Waals surface area contributed by atoms with E-state index in [9.17, 15) is 4.79 Å². The molecule has 0 spiro atoms. The van der Waals surface area contributed by atoms with Crippen LogP contribution in [0.25, 0.3) is 6.08 Å². The van der Waals surface area contributed by atoms with Crippen LogP contribution in [0.3, 0.4) is 0 Å². The van der Waals surface area contributed by atoms with E-state index in [0.29, 0.717) is 11.6 Å². The first kappa shape index (κ1) is 11.3. The number of cyclic esters (lactones) is 1. The van der Waals surface area contributed by atoms with Crippen LogP contribution < -0.4 is 0 Å². The maximum atomic E-state index is 11.7. The summed E-state index contributed by atoms with van der Waals surface area (Å²) in [4.78, 5) is 20.1. The maximum Gasteiger partial charge on any atom is 0.363 e. The summed E-state index contributed by atoms with van der Waals surface area (Å²) < 4.78 is 5.15. The Morgan fingerprint density at radius 1 is 1.00 bits per heavy atom. The molecule has 19 heavy (non-hydrogen) atoms. The Hall–Kier alpha value is -2.75. The van der Waals surface area contributed by atoms with E-state index in [1.165, 1.54) is 0 Å². The molecular formula is C15H10N2O2. The molecule has 0 fully saturated rings. The molecule has 3 rings (SSSR count). The summed E-state index contributed by atoms with van der Waals surface area (Å²) in [5, 5.41) is 0. The molecule has 0 bridgehead atoms. The second kappa shape index (κ2) is 4.86. The summed E-state index contributed by atoms with van der Waals surface area (Å²) in [6, 6.07) is 14.8. The van der Waals surface area contributed by atoms with Gasteiger partial charge in [0.2, 0.25) is 5.90 Å². The van der Waals surface area contributed by atoms with Crippen LogP contribution in [0, 0.1) is 0 Å². The molecule has 4 nitrogen and oxygen atoms in total. The van der Waals surface area contributed by atoms with Gasteiger partial charge in [0.1, 0.15) is 0 Å². The molecule has 92 valence electrons. The van der Waals surface area contributed by atoms with E-state index in [4.69, 9.17) is 4.74 Å². The molecule has 0 aliphatic carbocycles. The predicted octanol–water partition coefficient (Wildman–Crippen LogP) is 2.43. The van der Waals surface area contributed by atoms with Gasteiger partial charge in [-0.05, 0) is 30.3 Å². The first-order valence-electron chi connectivity index (χ1n) is 5.82. The van der Waals surface area contributed by atoms with Crippen LogP contribution in [-0.2, 0) is 9.53 Å². The van der Waals surface area contributed by atoms with E-state index >= 15 is 0 Å². The number of pyridine rings is 1. The number of aliphatic imine (C=N–C) groups is 1. The number of benzene rings is 1. The highest BCUT2D eigenvalue weighted by atomic mass is 16.6. The first-order chi connectivity index (χ1) is 9.33. The molecule has 4 heteroatoms. The molecule has 0 saturated heterocycles. The van der Waals surface area contributed by atoms with Gasteiger partial charge < -0.3 is 4.74 Å². The molecule has 1 aromatic heterocycles. The Morgan fingerprint density at radius 2 is 1.79 bits per heavy atom. The second-order valence-corrected chi connectivity index (χ2v) is 3.96. The number of aromatic nitrogens is 1. The molecule has 2 heterocycles. The summed E-state index contributed by atoms with van der Waals surface area (Å²) in [5.41, 5.74) is 1.71. The van der Waals surface area contributed by atoms with E-state index in [1.54, 1.807) is 18.3 Å². The SMILES string of the molecule is O=C1OC(c2ccccc2)=N/C1=C/c1ccccn1. The van der Waals surface area contributed by atoms with Crippen molar-refractivity contribution in [2.75, 3.05) is 0 Å². The smallest absolute Gasteiger partial charge is 0.363 e. The van der Waals surface area contributed by atoms with Crippen molar-refractivity contribution in [2.45, 2.75) is 0 Å². The van der Waals surface area contributed by atoms with Gasteiger partial charge in [0.15, 0.2) is 5.70 Å². The van der Waals surface area contributed by atoms with E-state index in [1.807, 2.05) is 42.5 Å². The molecule has 1 aliphatic rings. The van der Waals surface area contributed by atoms with E-state index in [-0.39, 0.29) is 5.70 Å². The number of ether oxygens (including phenoxy) is 1. The zero-order valence-electron chi connectivity index (χ0n) is 9.98. The third-order valence-electron chi connectivity index (χ3n) is 2.61. The molecule has 1 aromatic carbocycles. The fourth-order valence-corrected chi connectivity index (χ4v) is 1.71. The van der Waals surface area contributed by atoms with Crippen molar-refractivity contribution in [3.05, 3.63) is 71.7 Å². The first-order valence-corrected chi connectivity index (χ1v) is 5.82. The van der Waals surface area contributed by atoms with Crippen LogP contribution in [0.1, 0.15) is 11.3 Å². The van der Waals surface area contributed by atoms with Gasteiger partial charge in [0.05, 0.1) is 5.69 Å². The zero-order chi connectivity index (χ0) is 13.1. The molecule has 0 amide bonds. The standard InChI is InChI=1S/C15H10N2O2/c18-15-13(10-12-8-4-5-9-16-12)17-14(19-15)11-6-2-1-3-7-11/h1-10H/b13-10+. The lowest BCUT2D eigenvalue weighted by molar-refractivity contribution is -0.129. The van der Waals surface area contributed by atoms with Crippen LogP contribution in [-0.4, -0.2) is 16.9 Å². The molecule has 0 unspecified atom stereocenters. The number of nitrogens with zero attached hydrogens (tertiary/aromatic N) is 2. The lowest BCUT2D eigenvalue weighted by Crippen LogP contribution is -2.04. The van der Waals surface area contributed by atoms with Gasteiger partial charge in [-0.3, -0.25) is 4.98 Å². The number of hydrogen-bond donors (Lipinski definition) is 0. The van der Waals surface area contributed by atoms with Crippen LogP contribution >= 0.6 is 0 Å². The minimum Gasteiger partial charge on any atom is -0.402 e. The molecule has 0 N–H and O–H groups in total. The minimum atomic E-state index is -0.454. The summed E-state index contributed by atoms with van der Waals surface area (Å²) >= 11 is 0. The summed E-state index contributed by atoms with van der Waals surface area (Å²) in [5.74, 6) is -0.128.